The van der Waals surface area contributed by atoms with Crippen LogP contribution in [0.3, 0.4) is 0 Å². The van der Waals surface area contributed by atoms with Gasteiger partial charge in [0, 0.05) is 42.3 Å². The molecule has 29 heavy (non-hydrogen) atoms. The number of sulfonamides is 1. The van der Waals surface area contributed by atoms with Gasteiger partial charge in [-0.15, -0.1) is 0 Å². The molecule has 1 fully saturated rings. The lowest BCUT2D eigenvalue weighted by molar-refractivity contribution is -0.134. The highest BCUT2D eigenvalue weighted by atomic mass is 35.5. The number of ether oxygens (including phenoxy) is 1. The van der Waals surface area contributed by atoms with Crippen LogP contribution in [0.4, 0.5) is 0 Å². The Hall–Kier alpha value is -2.42. The average Bonchev–Trinajstić information content (AvgIpc) is 2.72. The standard InChI is InChI=1S/C20H21ClN2O5S/c1-29(26,27)23-12-10-22(11-13-23)19(24)14-28-18-8-4-16(5-9-18)20(25)15-2-6-17(21)7-3-15/h2-9H,10-14H2,1H3. The van der Waals surface area contributed by atoms with Crippen LogP contribution in [0.2, 0.25) is 5.02 Å². The van der Waals surface area contributed by atoms with Crippen molar-refractivity contribution in [2.75, 3.05) is 39.0 Å². The molecule has 0 saturated carbocycles. The number of hydrogen-bond donors (Lipinski definition) is 0. The second kappa shape index (κ2) is 8.94. The predicted molar refractivity (Wildman–Crippen MR) is 110 cm³/mol. The average molecular weight is 437 g/mol. The maximum atomic E-state index is 12.4. The summed E-state index contributed by atoms with van der Waals surface area (Å²) in [7, 11) is -3.23. The summed E-state index contributed by atoms with van der Waals surface area (Å²) < 4.78 is 29.9. The molecule has 2 aromatic carbocycles. The van der Waals surface area contributed by atoms with Gasteiger partial charge in [-0.2, -0.15) is 4.31 Å². The van der Waals surface area contributed by atoms with Crippen molar-refractivity contribution >= 4 is 33.3 Å². The number of carbonyl (C=O) groups excluding carboxylic acids is 2. The largest absolute Gasteiger partial charge is 0.484 e. The Morgan fingerprint density at radius 1 is 0.931 bits per heavy atom. The summed E-state index contributed by atoms with van der Waals surface area (Å²) in [5.74, 6) is 0.133. The monoisotopic (exact) mass is 436 g/mol. The zero-order valence-corrected chi connectivity index (χ0v) is 17.4. The summed E-state index contributed by atoms with van der Waals surface area (Å²) in [6.45, 7) is 1.09. The molecule has 0 N–H and O–H groups in total. The van der Waals surface area contributed by atoms with E-state index in [2.05, 4.69) is 0 Å². The second-order valence-corrected chi connectivity index (χ2v) is 9.11. The highest BCUT2D eigenvalue weighted by molar-refractivity contribution is 7.88. The van der Waals surface area contributed by atoms with Crippen LogP contribution < -0.4 is 4.74 Å². The summed E-state index contributed by atoms with van der Waals surface area (Å²) >= 11 is 5.84. The van der Waals surface area contributed by atoms with Crippen LogP contribution in [-0.2, 0) is 14.8 Å². The molecule has 3 rings (SSSR count). The van der Waals surface area contributed by atoms with Gasteiger partial charge in [0.15, 0.2) is 12.4 Å². The Labute approximate surface area is 174 Å². The molecule has 1 aliphatic rings. The maximum absolute atomic E-state index is 12.4. The SMILES string of the molecule is CS(=O)(=O)N1CCN(C(=O)COc2ccc(C(=O)c3ccc(Cl)cc3)cc2)CC1. The van der Waals surface area contributed by atoms with Crippen molar-refractivity contribution in [3.05, 3.63) is 64.7 Å². The Bertz CT molecular complexity index is 983. The third kappa shape index (κ3) is 5.56. The van der Waals surface area contributed by atoms with Crippen molar-refractivity contribution in [1.82, 2.24) is 9.21 Å². The van der Waals surface area contributed by atoms with E-state index in [1.54, 1.807) is 53.4 Å². The molecule has 7 nitrogen and oxygen atoms in total. The van der Waals surface area contributed by atoms with Gasteiger partial charge >= 0.3 is 0 Å². The van der Waals surface area contributed by atoms with E-state index in [9.17, 15) is 18.0 Å². The van der Waals surface area contributed by atoms with Crippen molar-refractivity contribution < 1.29 is 22.7 Å². The van der Waals surface area contributed by atoms with Crippen LogP contribution in [0.5, 0.6) is 5.75 Å². The van der Waals surface area contributed by atoms with E-state index < -0.39 is 10.0 Å². The molecule has 2 aromatic rings. The zero-order chi connectivity index (χ0) is 21.0. The molecule has 0 aromatic heterocycles. The predicted octanol–water partition coefficient (Wildman–Crippen LogP) is 2.05. The molecule has 0 atom stereocenters. The fourth-order valence-corrected chi connectivity index (χ4v) is 3.93. The first kappa shape index (κ1) is 21.3. The van der Waals surface area contributed by atoms with Gasteiger partial charge in [0.1, 0.15) is 5.75 Å². The van der Waals surface area contributed by atoms with Crippen LogP contribution in [0.15, 0.2) is 48.5 Å². The highest BCUT2D eigenvalue weighted by Gasteiger charge is 2.26. The van der Waals surface area contributed by atoms with Crippen LogP contribution in [-0.4, -0.2) is 68.4 Å². The van der Waals surface area contributed by atoms with Crippen molar-refractivity contribution in [2.24, 2.45) is 0 Å². The summed E-state index contributed by atoms with van der Waals surface area (Å²) in [6, 6.07) is 13.2. The summed E-state index contributed by atoms with van der Waals surface area (Å²) in [5, 5.41) is 0.563. The van der Waals surface area contributed by atoms with Gasteiger partial charge in [-0.1, -0.05) is 11.6 Å². The molecule has 0 unspecified atom stereocenters. The van der Waals surface area contributed by atoms with E-state index in [0.717, 1.165) is 6.26 Å². The Morgan fingerprint density at radius 2 is 1.45 bits per heavy atom. The van der Waals surface area contributed by atoms with Gasteiger partial charge in [0.25, 0.3) is 5.91 Å². The summed E-state index contributed by atoms with van der Waals surface area (Å²) in [5.41, 5.74) is 1.04. The minimum absolute atomic E-state index is 0.131. The second-order valence-electron chi connectivity index (χ2n) is 6.69. The Balaban J connectivity index is 1.52. The lowest BCUT2D eigenvalue weighted by Crippen LogP contribution is -2.51. The fraction of sp³-hybridized carbons (Fsp3) is 0.300. The summed E-state index contributed by atoms with van der Waals surface area (Å²) in [6.07, 6.45) is 1.16. The molecule has 0 spiro atoms. The van der Waals surface area contributed by atoms with Crippen molar-refractivity contribution in [2.45, 2.75) is 0 Å². The number of nitrogens with zero attached hydrogens (tertiary/aromatic N) is 2. The number of hydrogen-bond acceptors (Lipinski definition) is 5. The number of amides is 1. The molecule has 9 heteroatoms. The van der Waals surface area contributed by atoms with E-state index >= 15 is 0 Å². The van der Waals surface area contributed by atoms with E-state index in [1.807, 2.05) is 0 Å². The van der Waals surface area contributed by atoms with E-state index in [0.29, 0.717) is 35.0 Å². The van der Waals surface area contributed by atoms with Crippen molar-refractivity contribution in [1.29, 1.82) is 0 Å². The van der Waals surface area contributed by atoms with Crippen LogP contribution in [0.1, 0.15) is 15.9 Å². The quantitative estimate of drug-likeness (QED) is 0.647. The lowest BCUT2D eigenvalue weighted by atomic mass is 10.0. The smallest absolute Gasteiger partial charge is 0.260 e. The van der Waals surface area contributed by atoms with Gasteiger partial charge in [-0.3, -0.25) is 9.59 Å². The Kier molecular flexibility index (Phi) is 6.56. The maximum Gasteiger partial charge on any atom is 0.260 e. The first-order chi connectivity index (χ1) is 13.7. The highest BCUT2D eigenvalue weighted by Crippen LogP contribution is 2.17. The molecule has 0 aliphatic carbocycles. The van der Waals surface area contributed by atoms with E-state index in [1.165, 1.54) is 4.31 Å². The molecule has 0 radical (unpaired) electrons. The van der Waals surface area contributed by atoms with Gasteiger partial charge in [-0.25, -0.2) is 8.42 Å². The fourth-order valence-electron chi connectivity index (χ4n) is 2.98. The van der Waals surface area contributed by atoms with Crippen LogP contribution >= 0.6 is 11.6 Å². The van der Waals surface area contributed by atoms with Gasteiger partial charge in [0.2, 0.25) is 10.0 Å². The molecule has 1 saturated heterocycles. The van der Waals surface area contributed by atoms with Gasteiger partial charge < -0.3 is 9.64 Å². The molecule has 1 amide bonds. The zero-order valence-electron chi connectivity index (χ0n) is 15.9. The molecule has 0 bridgehead atoms. The lowest BCUT2D eigenvalue weighted by Gasteiger charge is -2.33. The first-order valence-electron chi connectivity index (χ1n) is 9.00. The first-order valence-corrected chi connectivity index (χ1v) is 11.2. The van der Waals surface area contributed by atoms with Crippen LogP contribution in [0, 0.1) is 0 Å². The minimum Gasteiger partial charge on any atom is -0.484 e. The molecular formula is C20H21ClN2O5S. The van der Waals surface area contributed by atoms with Crippen molar-refractivity contribution in [3.63, 3.8) is 0 Å². The molecular weight excluding hydrogens is 416 g/mol. The third-order valence-corrected chi connectivity index (χ3v) is 6.20. The number of benzene rings is 2. The van der Waals surface area contributed by atoms with Crippen molar-refractivity contribution in [3.8, 4) is 5.75 Å². The molecule has 1 aliphatic heterocycles. The van der Waals surface area contributed by atoms with E-state index in [4.69, 9.17) is 16.3 Å². The number of carbonyl (C=O) groups is 2. The number of rotatable bonds is 6. The minimum atomic E-state index is -3.23. The van der Waals surface area contributed by atoms with Gasteiger partial charge in [-0.05, 0) is 48.5 Å². The molecule has 1 heterocycles. The number of halogens is 1. The van der Waals surface area contributed by atoms with Gasteiger partial charge in [0.05, 0.1) is 6.26 Å². The van der Waals surface area contributed by atoms with Crippen LogP contribution in [0.25, 0.3) is 0 Å². The number of ketones is 1. The molecule has 154 valence electrons. The topological polar surface area (TPSA) is 84.0 Å². The summed E-state index contributed by atoms with van der Waals surface area (Å²) in [4.78, 5) is 26.3. The van der Waals surface area contributed by atoms with E-state index in [-0.39, 0.29) is 31.4 Å². The normalized spacial score (nSPS) is 15.2. The Morgan fingerprint density at radius 3 is 1.97 bits per heavy atom. The number of piperazine rings is 1. The third-order valence-electron chi connectivity index (χ3n) is 4.65.